The van der Waals surface area contributed by atoms with Gasteiger partial charge in [0.2, 0.25) is 0 Å². The molecule has 5 nitrogen and oxygen atoms in total. The van der Waals surface area contributed by atoms with E-state index in [2.05, 4.69) is 4.98 Å². The summed E-state index contributed by atoms with van der Waals surface area (Å²) in [5.74, 6) is -0.120. The van der Waals surface area contributed by atoms with E-state index in [1.807, 2.05) is 53.4 Å². The van der Waals surface area contributed by atoms with Gasteiger partial charge in [0.25, 0.3) is 5.91 Å². The molecule has 1 aromatic heterocycles. The van der Waals surface area contributed by atoms with Gasteiger partial charge in [0.1, 0.15) is 0 Å². The molecule has 5 rings (SSSR count). The zero-order chi connectivity index (χ0) is 21.4. The second-order valence-corrected chi connectivity index (χ2v) is 8.36. The van der Waals surface area contributed by atoms with E-state index in [-0.39, 0.29) is 17.9 Å². The minimum atomic E-state index is -0.472. The number of amides is 1. The number of aliphatic hydroxyl groups is 1. The first kappa shape index (κ1) is 19.5. The zero-order valence-electron chi connectivity index (χ0n) is 17.2. The Hall–Kier alpha value is -3.44. The molecule has 0 bridgehead atoms. The van der Waals surface area contributed by atoms with Gasteiger partial charge in [-0.3, -0.25) is 9.59 Å². The van der Waals surface area contributed by atoms with Crippen LogP contribution in [0.25, 0.3) is 21.8 Å². The maximum absolute atomic E-state index is 13.6. The fourth-order valence-corrected chi connectivity index (χ4v) is 4.85. The van der Waals surface area contributed by atoms with Crippen LogP contribution in [-0.2, 0) is 5.41 Å². The number of aliphatic hydroxyl groups excluding tert-OH is 1. The van der Waals surface area contributed by atoms with Crippen LogP contribution < -0.4 is 5.43 Å². The summed E-state index contributed by atoms with van der Waals surface area (Å²) in [5, 5.41) is 11.4. The number of pyridine rings is 1. The van der Waals surface area contributed by atoms with Gasteiger partial charge in [-0.2, -0.15) is 0 Å². The third kappa shape index (κ3) is 3.22. The number of benzene rings is 3. The number of carbonyl (C=O) groups is 1. The number of H-pyrrole nitrogens is 1. The van der Waals surface area contributed by atoms with Crippen LogP contribution in [0.2, 0.25) is 0 Å². The third-order valence-corrected chi connectivity index (χ3v) is 6.52. The molecule has 0 saturated carbocycles. The number of hydrogen-bond acceptors (Lipinski definition) is 3. The SMILES string of the molecule is O=C(c1cccc2c(=O)c3ccccc3[nH]c12)N1CCCC(CO)(c2ccccc2)C1. The molecule has 1 amide bonds. The van der Waals surface area contributed by atoms with Gasteiger partial charge in [0.05, 0.1) is 17.7 Å². The highest BCUT2D eigenvalue weighted by molar-refractivity contribution is 6.07. The monoisotopic (exact) mass is 412 g/mol. The Labute approximate surface area is 179 Å². The van der Waals surface area contributed by atoms with Crippen LogP contribution in [0, 0.1) is 0 Å². The summed E-state index contributed by atoms with van der Waals surface area (Å²) in [6, 6.07) is 22.6. The Morgan fingerprint density at radius 2 is 1.71 bits per heavy atom. The largest absolute Gasteiger partial charge is 0.395 e. The second kappa shape index (κ2) is 7.67. The molecule has 0 radical (unpaired) electrons. The number of nitrogens with zero attached hydrogens (tertiary/aromatic N) is 1. The van der Waals surface area contributed by atoms with Crippen LogP contribution >= 0.6 is 0 Å². The van der Waals surface area contributed by atoms with E-state index >= 15 is 0 Å². The van der Waals surface area contributed by atoms with E-state index in [0.717, 1.165) is 18.4 Å². The van der Waals surface area contributed by atoms with Crippen molar-refractivity contribution >= 4 is 27.7 Å². The van der Waals surface area contributed by atoms with Crippen molar-refractivity contribution in [2.75, 3.05) is 19.7 Å². The molecular weight excluding hydrogens is 388 g/mol. The minimum Gasteiger partial charge on any atom is -0.395 e. The Balaban J connectivity index is 1.58. The number of para-hydroxylation sites is 2. The molecule has 2 N–H and O–H groups in total. The third-order valence-electron chi connectivity index (χ3n) is 6.52. The maximum Gasteiger partial charge on any atom is 0.256 e. The smallest absolute Gasteiger partial charge is 0.256 e. The fraction of sp³-hybridized carbons (Fsp3) is 0.231. The number of hydrogen-bond donors (Lipinski definition) is 2. The van der Waals surface area contributed by atoms with Crippen LogP contribution in [0.1, 0.15) is 28.8 Å². The van der Waals surface area contributed by atoms with Gasteiger partial charge in [-0.1, -0.05) is 48.5 Å². The van der Waals surface area contributed by atoms with Gasteiger partial charge in [0, 0.05) is 34.8 Å². The Bertz CT molecular complexity index is 1330. The number of carbonyl (C=O) groups excluding carboxylic acids is 1. The Morgan fingerprint density at radius 3 is 2.52 bits per heavy atom. The molecule has 1 atom stereocenters. The van der Waals surface area contributed by atoms with Crippen molar-refractivity contribution in [3.8, 4) is 0 Å². The first-order valence-corrected chi connectivity index (χ1v) is 10.6. The maximum atomic E-state index is 13.6. The number of likely N-dealkylation sites (tertiary alicyclic amines) is 1. The first-order valence-electron chi connectivity index (χ1n) is 10.6. The Morgan fingerprint density at radius 1 is 0.968 bits per heavy atom. The average molecular weight is 412 g/mol. The lowest BCUT2D eigenvalue weighted by Crippen LogP contribution is -2.50. The number of nitrogens with one attached hydrogen (secondary N) is 1. The van der Waals surface area contributed by atoms with Gasteiger partial charge in [-0.05, 0) is 42.7 Å². The van der Waals surface area contributed by atoms with Gasteiger partial charge < -0.3 is 15.0 Å². The molecule has 1 aliphatic heterocycles. The zero-order valence-corrected chi connectivity index (χ0v) is 17.2. The second-order valence-electron chi connectivity index (χ2n) is 8.36. The number of fused-ring (bicyclic) bond motifs is 2. The molecule has 31 heavy (non-hydrogen) atoms. The molecule has 4 aromatic rings. The van der Waals surface area contributed by atoms with Crippen molar-refractivity contribution in [2.45, 2.75) is 18.3 Å². The number of rotatable bonds is 3. The van der Waals surface area contributed by atoms with E-state index in [9.17, 15) is 14.7 Å². The Kier molecular flexibility index (Phi) is 4.83. The number of aromatic amines is 1. The van der Waals surface area contributed by atoms with E-state index in [1.54, 1.807) is 24.3 Å². The normalized spacial score (nSPS) is 19.1. The van der Waals surface area contributed by atoms with Crippen LogP contribution in [-0.4, -0.2) is 40.6 Å². The van der Waals surface area contributed by atoms with E-state index in [0.29, 0.717) is 40.5 Å². The average Bonchev–Trinajstić information content (AvgIpc) is 2.84. The van der Waals surface area contributed by atoms with Crippen molar-refractivity contribution in [3.63, 3.8) is 0 Å². The van der Waals surface area contributed by atoms with Crippen molar-refractivity contribution in [1.82, 2.24) is 9.88 Å². The standard InChI is InChI=1S/C26H24N2O3/c29-17-26(18-8-2-1-3-9-18)14-7-15-28(16-26)25(31)21-12-6-11-20-23(21)27-22-13-5-4-10-19(22)24(20)30/h1-6,8-13,29H,7,14-17H2,(H,27,30). The molecule has 1 fully saturated rings. The molecule has 1 saturated heterocycles. The lowest BCUT2D eigenvalue weighted by molar-refractivity contribution is 0.0545. The molecule has 156 valence electrons. The van der Waals surface area contributed by atoms with Gasteiger partial charge in [0.15, 0.2) is 5.43 Å². The first-order chi connectivity index (χ1) is 15.1. The van der Waals surface area contributed by atoms with E-state index < -0.39 is 5.41 Å². The van der Waals surface area contributed by atoms with Crippen LogP contribution in [0.4, 0.5) is 0 Å². The summed E-state index contributed by atoms with van der Waals surface area (Å²) in [4.78, 5) is 31.7. The molecule has 5 heteroatoms. The highest BCUT2D eigenvalue weighted by Gasteiger charge is 2.38. The van der Waals surface area contributed by atoms with Crippen molar-refractivity contribution in [1.29, 1.82) is 0 Å². The molecular formula is C26H24N2O3. The fourth-order valence-electron chi connectivity index (χ4n) is 4.85. The highest BCUT2D eigenvalue weighted by Crippen LogP contribution is 2.34. The quantitative estimate of drug-likeness (QED) is 0.502. The van der Waals surface area contributed by atoms with Gasteiger partial charge in [-0.25, -0.2) is 0 Å². The summed E-state index contributed by atoms with van der Waals surface area (Å²) in [5.41, 5.74) is 2.27. The molecule has 3 aromatic carbocycles. The summed E-state index contributed by atoms with van der Waals surface area (Å²) < 4.78 is 0. The molecule has 0 spiro atoms. The summed E-state index contributed by atoms with van der Waals surface area (Å²) in [7, 11) is 0. The predicted molar refractivity (Wildman–Crippen MR) is 122 cm³/mol. The van der Waals surface area contributed by atoms with Crippen molar-refractivity contribution < 1.29 is 9.90 Å². The minimum absolute atomic E-state index is 0.0161. The summed E-state index contributed by atoms with van der Waals surface area (Å²) in [6.45, 7) is 1.06. The predicted octanol–water partition coefficient (Wildman–Crippen LogP) is 3.85. The topological polar surface area (TPSA) is 73.4 Å². The van der Waals surface area contributed by atoms with E-state index in [1.165, 1.54) is 0 Å². The number of aromatic nitrogens is 1. The van der Waals surface area contributed by atoms with Crippen LogP contribution in [0.3, 0.4) is 0 Å². The van der Waals surface area contributed by atoms with Crippen LogP contribution in [0.15, 0.2) is 77.6 Å². The van der Waals surface area contributed by atoms with Gasteiger partial charge >= 0.3 is 0 Å². The van der Waals surface area contributed by atoms with E-state index in [4.69, 9.17) is 0 Å². The summed E-state index contributed by atoms with van der Waals surface area (Å²) in [6.07, 6.45) is 1.64. The lowest BCUT2D eigenvalue weighted by atomic mass is 9.74. The van der Waals surface area contributed by atoms with Crippen LogP contribution in [0.5, 0.6) is 0 Å². The lowest BCUT2D eigenvalue weighted by Gasteiger charge is -2.42. The van der Waals surface area contributed by atoms with Gasteiger partial charge in [-0.15, -0.1) is 0 Å². The highest BCUT2D eigenvalue weighted by atomic mass is 16.3. The molecule has 1 unspecified atom stereocenters. The van der Waals surface area contributed by atoms with Crippen molar-refractivity contribution in [2.24, 2.45) is 0 Å². The summed E-state index contributed by atoms with van der Waals surface area (Å²) >= 11 is 0. The molecule has 0 aliphatic carbocycles. The molecule has 1 aliphatic rings. The van der Waals surface area contributed by atoms with Crippen molar-refractivity contribution in [3.05, 3.63) is 94.1 Å². The number of piperidine rings is 1. The molecule has 2 heterocycles.